The van der Waals surface area contributed by atoms with Crippen LogP contribution in [-0.4, -0.2) is 22.4 Å². The highest BCUT2D eigenvalue weighted by Gasteiger charge is 2.22. The van der Waals surface area contributed by atoms with E-state index < -0.39 is 35.7 Å². The number of aliphatic hydroxyl groups is 1. The number of carbonyl (C=O) groups is 1. The zero-order valence-corrected chi connectivity index (χ0v) is 8.75. The van der Waals surface area contributed by atoms with Gasteiger partial charge in [0.1, 0.15) is 0 Å². The second kappa shape index (κ2) is 5.05. The number of rotatable bonds is 3. The molecule has 0 heterocycles. The molecule has 1 aromatic rings. The number of benzene rings is 1. The van der Waals surface area contributed by atoms with Gasteiger partial charge in [0.15, 0.2) is 17.5 Å². The summed E-state index contributed by atoms with van der Waals surface area (Å²) in [5, 5.41) is 19.7. The summed E-state index contributed by atoms with van der Waals surface area (Å²) in [6, 6.07) is 0.0226. The van der Waals surface area contributed by atoms with Crippen molar-refractivity contribution in [1.29, 1.82) is 0 Å². The molecule has 94 valence electrons. The Kier molecular flexibility index (Phi) is 3.95. The second-order valence-corrected chi connectivity index (χ2v) is 3.47. The fraction of sp³-hybridized carbons (Fsp3) is 0.300. The fourth-order valence-electron chi connectivity index (χ4n) is 1.37. The number of nitrogens with one attached hydrogen (secondary N) is 1. The molecule has 0 spiro atoms. The van der Waals surface area contributed by atoms with Crippen molar-refractivity contribution < 1.29 is 28.2 Å². The average molecular weight is 249 g/mol. The second-order valence-electron chi connectivity index (χ2n) is 3.47. The minimum absolute atomic E-state index is 0.196. The fourth-order valence-corrected chi connectivity index (χ4v) is 1.37. The molecule has 3 N–H and O–H groups in total. The lowest BCUT2D eigenvalue weighted by Gasteiger charge is -2.20. The molecule has 17 heavy (non-hydrogen) atoms. The molecule has 1 aromatic carbocycles. The van der Waals surface area contributed by atoms with Gasteiger partial charge in [0.2, 0.25) is 0 Å². The quantitative estimate of drug-likeness (QED) is 0.715. The summed E-state index contributed by atoms with van der Waals surface area (Å²) < 4.78 is 38.5. The molecule has 1 rings (SSSR count). The van der Waals surface area contributed by atoms with Crippen molar-refractivity contribution in [2.24, 2.45) is 0 Å². The van der Waals surface area contributed by atoms with Gasteiger partial charge in [-0.05, 0) is 24.6 Å². The van der Waals surface area contributed by atoms with Crippen molar-refractivity contribution in [3.8, 4) is 0 Å². The Balaban J connectivity index is 3.15. The summed E-state index contributed by atoms with van der Waals surface area (Å²) in [6.07, 6.45) is -2.70. The Morgan fingerprint density at radius 3 is 2.12 bits per heavy atom. The van der Waals surface area contributed by atoms with Crippen molar-refractivity contribution in [2.75, 3.05) is 0 Å². The summed E-state index contributed by atoms with van der Waals surface area (Å²) in [4.78, 5) is 10.4. The predicted molar refractivity (Wildman–Crippen MR) is 51.9 cm³/mol. The van der Waals surface area contributed by atoms with Gasteiger partial charge < -0.3 is 15.5 Å². The van der Waals surface area contributed by atoms with Crippen LogP contribution in [0.5, 0.6) is 0 Å². The van der Waals surface area contributed by atoms with Crippen LogP contribution in [0.1, 0.15) is 18.5 Å². The highest BCUT2D eigenvalue weighted by atomic mass is 19.2. The molecule has 0 radical (unpaired) electrons. The highest BCUT2D eigenvalue weighted by Crippen LogP contribution is 2.21. The zero-order chi connectivity index (χ0) is 13.2. The third-order valence-corrected chi connectivity index (χ3v) is 2.13. The van der Waals surface area contributed by atoms with Crippen LogP contribution >= 0.6 is 0 Å². The number of hydrogen-bond donors (Lipinski definition) is 3. The van der Waals surface area contributed by atoms with Gasteiger partial charge in [-0.25, -0.2) is 18.0 Å². The lowest BCUT2D eigenvalue weighted by atomic mass is 10.0. The third kappa shape index (κ3) is 3.10. The molecule has 0 unspecified atom stereocenters. The van der Waals surface area contributed by atoms with Gasteiger partial charge in [-0.3, -0.25) is 0 Å². The molecule has 1 amide bonds. The van der Waals surface area contributed by atoms with Crippen LogP contribution in [0.15, 0.2) is 12.1 Å². The molecule has 0 aliphatic carbocycles. The van der Waals surface area contributed by atoms with E-state index in [1.807, 2.05) is 5.32 Å². The third-order valence-electron chi connectivity index (χ3n) is 2.13. The molecule has 0 aliphatic heterocycles. The molecule has 0 aliphatic rings. The van der Waals surface area contributed by atoms with Gasteiger partial charge in [-0.15, -0.1) is 0 Å². The first-order chi connectivity index (χ1) is 7.82. The van der Waals surface area contributed by atoms with Crippen molar-refractivity contribution in [1.82, 2.24) is 5.32 Å². The van der Waals surface area contributed by atoms with Gasteiger partial charge in [0.05, 0.1) is 12.1 Å². The van der Waals surface area contributed by atoms with E-state index in [0.717, 1.165) is 0 Å². The number of amides is 1. The molecule has 0 fully saturated rings. The standard InChI is InChI=1S/C10H10F3NO3/c1-4(15)9(14-10(16)17)5-2-6(11)8(13)7(12)3-5/h2-4,9,14-15H,1H3,(H,16,17)/t4-,9+/m1/s1. The van der Waals surface area contributed by atoms with Crippen LogP contribution in [0, 0.1) is 17.5 Å². The molecule has 0 saturated carbocycles. The van der Waals surface area contributed by atoms with Gasteiger partial charge in [-0.1, -0.05) is 0 Å². The van der Waals surface area contributed by atoms with E-state index in [0.29, 0.717) is 12.1 Å². The van der Waals surface area contributed by atoms with Crippen molar-refractivity contribution in [3.05, 3.63) is 35.1 Å². The molecule has 7 heteroatoms. The minimum atomic E-state index is -1.64. The topological polar surface area (TPSA) is 69.6 Å². The molecular formula is C10H10F3NO3. The van der Waals surface area contributed by atoms with E-state index in [-0.39, 0.29) is 5.56 Å². The van der Waals surface area contributed by atoms with E-state index in [2.05, 4.69) is 0 Å². The Bertz CT molecular complexity index is 414. The van der Waals surface area contributed by atoms with Crippen LogP contribution < -0.4 is 5.32 Å². The van der Waals surface area contributed by atoms with E-state index in [1.54, 1.807) is 0 Å². The van der Waals surface area contributed by atoms with Crippen LogP contribution in [-0.2, 0) is 0 Å². The van der Waals surface area contributed by atoms with Gasteiger partial charge >= 0.3 is 6.09 Å². The Hall–Kier alpha value is -1.76. The number of hydrogen-bond acceptors (Lipinski definition) is 2. The summed E-state index contributed by atoms with van der Waals surface area (Å²) in [5.74, 6) is -4.54. The maximum atomic E-state index is 12.9. The molecule has 0 bridgehead atoms. The molecule has 0 aromatic heterocycles. The van der Waals surface area contributed by atoms with Gasteiger partial charge in [0.25, 0.3) is 0 Å². The van der Waals surface area contributed by atoms with Crippen molar-refractivity contribution >= 4 is 6.09 Å². The first kappa shape index (κ1) is 13.3. The lowest BCUT2D eigenvalue weighted by molar-refractivity contribution is 0.133. The molecular weight excluding hydrogens is 239 g/mol. The van der Waals surface area contributed by atoms with Gasteiger partial charge in [0, 0.05) is 0 Å². The van der Waals surface area contributed by atoms with Crippen molar-refractivity contribution in [2.45, 2.75) is 19.1 Å². The monoisotopic (exact) mass is 249 g/mol. The lowest BCUT2D eigenvalue weighted by Crippen LogP contribution is -2.34. The first-order valence-corrected chi connectivity index (χ1v) is 4.65. The summed E-state index contributed by atoms with van der Waals surface area (Å²) in [7, 11) is 0. The Labute approximate surface area is 94.7 Å². The molecule has 2 atom stereocenters. The van der Waals surface area contributed by atoms with E-state index >= 15 is 0 Å². The van der Waals surface area contributed by atoms with Crippen LogP contribution in [0.2, 0.25) is 0 Å². The molecule has 4 nitrogen and oxygen atoms in total. The smallest absolute Gasteiger partial charge is 0.405 e. The van der Waals surface area contributed by atoms with E-state index in [9.17, 15) is 23.1 Å². The van der Waals surface area contributed by atoms with Crippen LogP contribution in [0.4, 0.5) is 18.0 Å². The Morgan fingerprint density at radius 2 is 1.76 bits per heavy atom. The maximum absolute atomic E-state index is 12.9. The zero-order valence-electron chi connectivity index (χ0n) is 8.75. The van der Waals surface area contributed by atoms with E-state index in [1.165, 1.54) is 6.92 Å². The predicted octanol–water partition coefficient (Wildman–Crippen LogP) is 1.79. The number of aliphatic hydroxyl groups excluding tert-OH is 1. The van der Waals surface area contributed by atoms with E-state index in [4.69, 9.17) is 5.11 Å². The molecule has 0 saturated heterocycles. The number of carboxylic acid groups (broad SMARTS) is 1. The van der Waals surface area contributed by atoms with Crippen LogP contribution in [0.3, 0.4) is 0 Å². The minimum Gasteiger partial charge on any atom is -0.465 e. The van der Waals surface area contributed by atoms with Gasteiger partial charge in [-0.2, -0.15) is 0 Å². The highest BCUT2D eigenvalue weighted by molar-refractivity contribution is 5.65. The first-order valence-electron chi connectivity index (χ1n) is 4.65. The maximum Gasteiger partial charge on any atom is 0.405 e. The SMILES string of the molecule is C[C@@H](O)[C@H](NC(=O)O)c1cc(F)c(F)c(F)c1. The average Bonchev–Trinajstić information content (AvgIpc) is 2.21. The summed E-state index contributed by atoms with van der Waals surface area (Å²) >= 11 is 0. The summed E-state index contributed by atoms with van der Waals surface area (Å²) in [5.41, 5.74) is -0.196. The van der Waals surface area contributed by atoms with Crippen LogP contribution in [0.25, 0.3) is 0 Å². The normalized spacial score (nSPS) is 14.2. The Morgan fingerprint density at radius 1 is 1.29 bits per heavy atom. The van der Waals surface area contributed by atoms with Crippen molar-refractivity contribution in [3.63, 3.8) is 0 Å². The largest absolute Gasteiger partial charge is 0.465 e. The number of halogens is 3. The summed E-state index contributed by atoms with van der Waals surface area (Å²) in [6.45, 7) is 1.24.